The zero-order valence-electron chi connectivity index (χ0n) is 12.9. The van der Waals surface area contributed by atoms with Crippen LogP contribution in [0.15, 0.2) is 18.3 Å². The van der Waals surface area contributed by atoms with Crippen LogP contribution in [-0.2, 0) is 14.8 Å². The zero-order chi connectivity index (χ0) is 16.6. The fourth-order valence-corrected chi connectivity index (χ4v) is 4.01. The smallest absolute Gasteiger partial charge is 0.251 e. The van der Waals surface area contributed by atoms with E-state index in [1.54, 1.807) is 25.4 Å². The maximum absolute atomic E-state index is 12.4. The highest BCUT2D eigenvalue weighted by Gasteiger charge is 2.55. The van der Waals surface area contributed by atoms with E-state index in [1.165, 1.54) is 0 Å². The van der Waals surface area contributed by atoms with E-state index in [0.717, 1.165) is 12.7 Å². The van der Waals surface area contributed by atoms with E-state index in [1.807, 2.05) is 0 Å². The maximum Gasteiger partial charge on any atom is 0.251 e. The standard InChI is InChI=1S/C14H20N4O4S/c1-15-10-7-8(3-5-16-10)14(19)17-11-9-4-6-22-13(9)12(11)18-23(2,20)21/h3,5,7,9,11-13,18H,4,6H2,1-2H3,(H,15,16)(H,17,19)/t9-,11+,12-,13-/m1/s1. The number of pyridine rings is 1. The number of amides is 1. The zero-order valence-corrected chi connectivity index (χ0v) is 13.8. The maximum atomic E-state index is 12.4. The normalized spacial score (nSPS) is 29.5. The number of rotatable bonds is 5. The van der Waals surface area contributed by atoms with E-state index in [2.05, 4.69) is 20.3 Å². The molecule has 1 aromatic heterocycles. The third-order valence-corrected chi connectivity index (χ3v) is 5.01. The molecule has 1 saturated carbocycles. The van der Waals surface area contributed by atoms with Crippen molar-refractivity contribution in [2.24, 2.45) is 5.92 Å². The summed E-state index contributed by atoms with van der Waals surface area (Å²) in [7, 11) is -1.64. The second kappa shape index (κ2) is 6.06. The first-order chi connectivity index (χ1) is 10.9. The van der Waals surface area contributed by atoms with Crippen LogP contribution in [0.3, 0.4) is 0 Å². The number of fused-ring (bicyclic) bond motifs is 1. The lowest BCUT2D eigenvalue weighted by Gasteiger charge is -2.47. The first kappa shape index (κ1) is 16.2. The topological polar surface area (TPSA) is 109 Å². The second-order valence-electron chi connectivity index (χ2n) is 5.88. The van der Waals surface area contributed by atoms with Crippen molar-refractivity contribution in [3.63, 3.8) is 0 Å². The first-order valence-electron chi connectivity index (χ1n) is 7.42. The Morgan fingerprint density at radius 3 is 2.87 bits per heavy atom. The molecule has 8 nitrogen and oxygen atoms in total. The lowest BCUT2D eigenvalue weighted by Crippen LogP contribution is -2.70. The van der Waals surface area contributed by atoms with Crippen molar-refractivity contribution < 1.29 is 17.9 Å². The van der Waals surface area contributed by atoms with Crippen molar-refractivity contribution >= 4 is 21.7 Å². The van der Waals surface area contributed by atoms with E-state index < -0.39 is 16.1 Å². The van der Waals surface area contributed by atoms with E-state index in [4.69, 9.17) is 4.74 Å². The molecule has 23 heavy (non-hydrogen) atoms. The third-order valence-electron chi connectivity index (χ3n) is 4.31. The predicted octanol–water partition coefficient (Wildman–Crippen LogP) is -0.442. The molecule has 1 aliphatic heterocycles. The van der Waals surface area contributed by atoms with Gasteiger partial charge in [-0.15, -0.1) is 0 Å². The Morgan fingerprint density at radius 2 is 2.17 bits per heavy atom. The molecule has 4 atom stereocenters. The van der Waals surface area contributed by atoms with Crippen molar-refractivity contribution in [3.8, 4) is 0 Å². The summed E-state index contributed by atoms with van der Waals surface area (Å²) in [4.78, 5) is 16.5. The number of nitrogens with zero attached hydrogens (tertiary/aromatic N) is 1. The first-order valence-corrected chi connectivity index (χ1v) is 9.32. The van der Waals surface area contributed by atoms with Crippen LogP contribution in [0.4, 0.5) is 5.82 Å². The average Bonchev–Trinajstić information content (AvgIpc) is 2.94. The van der Waals surface area contributed by atoms with Gasteiger partial charge in [-0.2, -0.15) is 0 Å². The molecule has 1 amide bonds. The molecule has 1 aliphatic carbocycles. The van der Waals surface area contributed by atoms with Crippen LogP contribution in [0.2, 0.25) is 0 Å². The molecule has 0 radical (unpaired) electrons. The molecule has 2 fully saturated rings. The summed E-state index contributed by atoms with van der Waals surface area (Å²) >= 11 is 0. The number of hydrogen-bond donors (Lipinski definition) is 3. The summed E-state index contributed by atoms with van der Waals surface area (Å²) in [5.74, 6) is 0.488. The number of ether oxygens (including phenoxy) is 1. The second-order valence-corrected chi connectivity index (χ2v) is 7.66. The Kier molecular flexibility index (Phi) is 4.26. The molecule has 126 valence electrons. The Labute approximate surface area is 135 Å². The molecule has 3 N–H and O–H groups in total. The highest BCUT2D eigenvalue weighted by Crippen LogP contribution is 2.39. The minimum absolute atomic E-state index is 0.142. The third kappa shape index (κ3) is 3.31. The van der Waals surface area contributed by atoms with Gasteiger partial charge in [-0.1, -0.05) is 0 Å². The quantitative estimate of drug-likeness (QED) is 0.670. The van der Waals surface area contributed by atoms with Crippen molar-refractivity contribution in [1.82, 2.24) is 15.0 Å². The molecular formula is C14H20N4O4S. The van der Waals surface area contributed by atoms with Crippen LogP contribution in [0.5, 0.6) is 0 Å². The van der Waals surface area contributed by atoms with E-state index >= 15 is 0 Å². The average molecular weight is 340 g/mol. The number of carbonyl (C=O) groups is 1. The molecule has 1 saturated heterocycles. The lowest BCUT2D eigenvalue weighted by molar-refractivity contribution is -0.0194. The number of nitrogens with one attached hydrogen (secondary N) is 3. The van der Waals surface area contributed by atoms with Gasteiger partial charge >= 0.3 is 0 Å². The largest absolute Gasteiger partial charge is 0.376 e. The van der Waals surface area contributed by atoms with Gasteiger partial charge in [0, 0.05) is 31.3 Å². The molecule has 0 bridgehead atoms. The highest BCUT2D eigenvalue weighted by atomic mass is 32.2. The number of hydrogen-bond acceptors (Lipinski definition) is 6. The van der Waals surface area contributed by atoms with Crippen LogP contribution in [0.1, 0.15) is 16.8 Å². The Bertz CT molecular complexity index is 708. The molecule has 0 unspecified atom stereocenters. The summed E-state index contributed by atoms with van der Waals surface area (Å²) < 4.78 is 31.2. The summed E-state index contributed by atoms with van der Waals surface area (Å²) in [5.41, 5.74) is 0.477. The molecule has 2 heterocycles. The van der Waals surface area contributed by atoms with Crippen molar-refractivity contribution in [2.45, 2.75) is 24.6 Å². The Morgan fingerprint density at radius 1 is 1.39 bits per heavy atom. The lowest BCUT2D eigenvalue weighted by atomic mass is 9.72. The van der Waals surface area contributed by atoms with Gasteiger partial charge in [0.2, 0.25) is 10.0 Å². The van der Waals surface area contributed by atoms with Crippen molar-refractivity contribution in [1.29, 1.82) is 0 Å². The predicted molar refractivity (Wildman–Crippen MR) is 84.7 cm³/mol. The summed E-state index contributed by atoms with van der Waals surface area (Å²) in [6.07, 6.45) is 3.31. The number of aromatic nitrogens is 1. The van der Waals surface area contributed by atoms with Crippen LogP contribution in [0, 0.1) is 5.92 Å². The van der Waals surface area contributed by atoms with E-state index in [9.17, 15) is 13.2 Å². The number of sulfonamides is 1. The Hall–Kier alpha value is -1.71. The summed E-state index contributed by atoms with van der Waals surface area (Å²) in [6.45, 7) is 0.586. The molecule has 2 aliphatic rings. The highest BCUT2D eigenvalue weighted by molar-refractivity contribution is 7.88. The van der Waals surface area contributed by atoms with Gasteiger partial charge in [-0.25, -0.2) is 18.1 Å². The van der Waals surface area contributed by atoms with Gasteiger partial charge in [0.15, 0.2) is 0 Å². The molecule has 9 heteroatoms. The fraction of sp³-hybridized carbons (Fsp3) is 0.571. The van der Waals surface area contributed by atoms with Crippen LogP contribution >= 0.6 is 0 Å². The molecule has 1 aromatic rings. The van der Waals surface area contributed by atoms with Gasteiger partial charge < -0.3 is 15.4 Å². The number of carbonyl (C=O) groups excluding carboxylic acids is 1. The Balaban J connectivity index is 1.73. The van der Waals surface area contributed by atoms with E-state index in [-0.39, 0.29) is 24.0 Å². The SMILES string of the molecule is CNc1cc(C(=O)N[C@H]2[C@H]3CCO[C@H]3[C@@H]2NS(C)(=O)=O)ccn1. The minimum Gasteiger partial charge on any atom is -0.376 e. The molecule has 0 aromatic carbocycles. The van der Waals surface area contributed by atoms with Crippen LogP contribution in [0.25, 0.3) is 0 Å². The monoisotopic (exact) mass is 340 g/mol. The van der Waals surface area contributed by atoms with Gasteiger partial charge in [-0.3, -0.25) is 4.79 Å². The minimum atomic E-state index is -3.37. The van der Waals surface area contributed by atoms with Crippen molar-refractivity contribution in [2.75, 3.05) is 25.2 Å². The van der Waals surface area contributed by atoms with Gasteiger partial charge in [-0.05, 0) is 18.6 Å². The van der Waals surface area contributed by atoms with Crippen molar-refractivity contribution in [3.05, 3.63) is 23.9 Å². The molecule has 0 spiro atoms. The van der Waals surface area contributed by atoms with Gasteiger partial charge in [0.05, 0.1) is 24.4 Å². The van der Waals surface area contributed by atoms with Gasteiger partial charge in [0.1, 0.15) is 5.82 Å². The molecule has 3 rings (SSSR count). The molecular weight excluding hydrogens is 320 g/mol. The fourth-order valence-electron chi connectivity index (χ4n) is 3.23. The van der Waals surface area contributed by atoms with Crippen LogP contribution < -0.4 is 15.4 Å². The van der Waals surface area contributed by atoms with Crippen LogP contribution in [-0.4, -0.2) is 57.4 Å². The number of anilines is 1. The van der Waals surface area contributed by atoms with Gasteiger partial charge in [0.25, 0.3) is 5.91 Å². The van der Waals surface area contributed by atoms with E-state index in [0.29, 0.717) is 18.0 Å². The summed E-state index contributed by atoms with van der Waals surface area (Å²) in [5, 5.41) is 5.80. The summed E-state index contributed by atoms with van der Waals surface area (Å²) in [6, 6.07) is 2.58.